The smallest absolute Gasteiger partial charge is 0.354 e. The lowest BCUT2D eigenvalue weighted by Gasteiger charge is -2.33. The van der Waals surface area contributed by atoms with Gasteiger partial charge in [0, 0.05) is 24.3 Å². The zero-order valence-corrected chi connectivity index (χ0v) is 15.0. The van der Waals surface area contributed by atoms with Gasteiger partial charge in [0.15, 0.2) is 0 Å². The Labute approximate surface area is 153 Å². The summed E-state index contributed by atoms with van der Waals surface area (Å²) in [6.07, 6.45) is 9.55. The van der Waals surface area contributed by atoms with E-state index in [9.17, 15) is 4.79 Å². The van der Waals surface area contributed by atoms with Crippen LogP contribution in [0.1, 0.15) is 43.2 Å². The van der Waals surface area contributed by atoms with E-state index in [0.29, 0.717) is 18.1 Å². The number of benzene rings is 1. The van der Waals surface area contributed by atoms with Gasteiger partial charge in [0.05, 0.1) is 5.69 Å². The Morgan fingerprint density at radius 2 is 1.85 bits per heavy atom. The van der Waals surface area contributed by atoms with Gasteiger partial charge < -0.3 is 16.8 Å². The van der Waals surface area contributed by atoms with Gasteiger partial charge in [-0.05, 0) is 74.3 Å². The predicted octanol–water partition coefficient (Wildman–Crippen LogP) is 1.53. The Hall–Kier alpha value is -2.18. The van der Waals surface area contributed by atoms with Crippen molar-refractivity contribution in [1.82, 2.24) is 14.9 Å². The van der Waals surface area contributed by atoms with Gasteiger partial charge in [-0.2, -0.15) is 4.98 Å². The minimum Gasteiger partial charge on any atom is -0.383 e. The first-order valence-electron chi connectivity index (χ1n) is 9.57. The lowest BCUT2D eigenvalue weighted by Crippen LogP contribution is -2.44. The summed E-state index contributed by atoms with van der Waals surface area (Å²) in [5.41, 5.74) is 14.8. The molecule has 1 aromatic carbocycles. The summed E-state index contributed by atoms with van der Waals surface area (Å²) >= 11 is 0. The molecule has 0 bridgehead atoms. The highest BCUT2D eigenvalue weighted by Gasteiger charge is 2.24. The number of nitrogens with one attached hydrogen (secondary N) is 1. The van der Waals surface area contributed by atoms with Crippen LogP contribution in [0, 0.1) is 0 Å². The van der Waals surface area contributed by atoms with E-state index in [0.717, 1.165) is 37.8 Å². The van der Waals surface area contributed by atoms with E-state index in [4.69, 9.17) is 11.5 Å². The Bertz CT molecular complexity index is 838. The van der Waals surface area contributed by atoms with Crippen LogP contribution in [-0.4, -0.2) is 27.7 Å². The van der Waals surface area contributed by atoms with Crippen LogP contribution in [0.4, 0.5) is 5.82 Å². The van der Waals surface area contributed by atoms with E-state index in [-0.39, 0.29) is 11.5 Å². The maximum atomic E-state index is 12.1. The Morgan fingerprint density at radius 3 is 2.62 bits per heavy atom. The molecule has 5 N–H and O–H groups in total. The van der Waals surface area contributed by atoms with Crippen LogP contribution in [-0.2, 0) is 12.8 Å². The third-order valence-corrected chi connectivity index (χ3v) is 5.76. The second-order valence-electron chi connectivity index (χ2n) is 7.68. The van der Waals surface area contributed by atoms with Crippen molar-refractivity contribution in [2.45, 2.75) is 63.1 Å². The van der Waals surface area contributed by atoms with E-state index >= 15 is 0 Å². The van der Waals surface area contributed by atoms with Gasteiger partial charge in [0.25, 0.3) is 0 Å². The van der Waals surface area contributed by atoms with Crippen LogP contribution < -0.4 is 22.5 Å². The maximum absolute atomic E-state index is 12.1. The molecule has 1 aromatic heterocycles. The molecular formula is C20H27N5O. The molecule has 26 heavy (non-hydrogen) atoms. The van der Waals surface area contributed by atoms with E-state index in [1.54, 1.807) is 16.8 Å². The van der Waals surface area contributed by atoms with Gasteiger partial charge in [-0.1, -0.05) is 6.07 Å². The number of nitrogen functional groups attached to an aromatic ring is 1. The summed E-state index contributed by atoms with van der Waals surface area (Å²) in [5, 5.41) is 3.85. The molecule has 6 heteroatoms. The Balaban J connectivity index is 1.46. The average molecular weight is 353 g/mol. The molecule has 1 heterocycles. The van der Waals surface area contributed by atoms with Crippen molar-refractivity contribution in [2.75, 3.05) is 5.73 Å². The van der Waals surface area contributed by atoms with Crippen LogP contribution in [0.15, 0.2) is 35.3 Å². The summed E-state index contributed by atoms with van der Waals surface area (Å²) in [5.74, 6) is 0.252. The highest BCUT2D eigenvalue weighted by atomic mass is 16.1. The molecule has 0 spiro atoms. The molecule has 1 saturated carbocycles. The van der Waals surface area contributed by atoms with Crippen molar-refractivity contribution in [3.63, 3.8) is 0 Å². The first-order chi connectivity index (χ1) is 12.6. The lowest BCUT2D eigenvalue weighted by atomic mass is 9.85. The molecule has 138 valence electrons. The summed E-state index contributed by atoms with van der Waals surface area (Å²) in [6.45, 7) is 0. The van der Waals surface area contributed by atoms with Gasteiger partial charge in [0.2, 0.25) is 0 Å². The van der Waals surface area contributed by atoms with Crippen LogP contribution in [0.2, 0.25) is 0 Å². The molecule has 4 rings (SSSR count). The van der Waals surface area contributed by atoms with E-state index in [1.165, 1.54) is 24.0 Å². The Kier molecular flexibility index (Phi) is 4.78. The number of anilines is 1. The van der Waals surface area contributed by atoms with Gasteiger partial charge in [-0.3, -0.25) is 4.57 Å². The van der Waals surface area contributed by atoms with Gasteiger partial charge in [-0.25, -0.2) is 4.79 Å². The van der Waals surface area contributed by atoms with Crippen molar-refractivity contribution < 1.29 is 0 Å². The number of aromatic nitrogens is 2. The fourth-order valence-electron chi connectivity index (χ4n) is 4.27. The molecule has 2 aliphatic rings. The Morgan fingerprint density at radius 1 is 1.04 bits per heavy atom. The number of rotatable bonds is 3. The van der Waals surface area contributed by atoms with Gasteiger partial charge >= 0.3 is 5.69 Å². The molecule has 1 fully saturated rings. The standard InChI is InChI=1S/C20H27N5O/c21-15-3-6-16(7-4-15)23-17-5-1-14-12-18(8-2-13(14)11-17)25-10-9-19(22)24-20(25)26/h2,8-10,12,15-17,23H,1,3-7,11,21H2,(H2,22,24,26). The molecule has 2 aromatic rings. The van der Waals surface area contributed by atoms with Crippen molar-refractivity contribution in [1.29, 1.82) is 0 Å². The molecule has 2 aliphatic carbocycles. The van der Waals surface area contributed by atoms with Crippen molar-refractivity contribution in [2.24, 2.45) is 5.73 Å². The normalized spacial score (nSPS) is 25.7. The SMILES string of the molecule is Nc1ccn(-c2ccc3c(c2)CCC(NC2CCC(N)CC2)C3)c(=O)n1. The number of nitrogens with zero attached hydrogens (tertiary/aromatic N) is 2. The van der Waals surface area contributed by atoms with Crippen LogP contribution in [0.25, 0.3) is 5.69 Å². The maximum Gasteiger partial charge on any atom is 0.354 e. The van der Waals surface area contributed by atoms with Crippen molar-refractivity contribution >= 4 is 5.82 Å². The minimum absolute atomic E-state index is 0.252. The molecule has 6 nitrogen and oxygen atoms in total. The topological polar surface area (TPSA) is 99.0 Å². The number of hydrogen-bond donors (Lipinski definition) is 3. The molecule has 0 amide bonds. The third kappa shape index (κ3) is 3.66. The summed E-state index contributed by atoms with van der Waals surface area (Å²) in [4.78, 5) is 15.9. The molecule has 1 atom stereocenters. The predicted molar refractivity (Wildman–Crippen MR) is 103 cm³/mol. The van der Waals surface area contributed by atoms with Crippen LogP contribution >= 0.6 is 0 Å². The van der Waals surface area contributed by atoms with Gasteiger partial charge in [0.1, 0.15) is 5.82 Å². The van der Waals surface area contributed by atoms with Crippen molar-refractivity contribution in [3.8, 4) is 5.69 Å². The second kappa shape index (κ2) is 7.21. The number of fused-ring (bicyclic) bond motifs is 1. The number of nitrogens with two attached hydrogens (primary N) is 2. The van der Waals surface area contributed by atoms with Crippen LogP contribution in [0.5, 0.6) is 0 Å². The first-order valence-corrected chi connectivity index (χ1v) is 9.57. The van der Waals surface area contributed by atoms with Crippen molar-refractivity contribution in [3.05, 3.63) is 52.1 Å². The fraction of sp³-hybridized carbons (Fsp3) is 0.500. The summed E-state index contributed by atoms with van der Waals surface area (Å²) in [6, 6.07) is 9.46. The zero-order chi connectivity index (χ0) is 18.1. The fourth-order valence-corrected chi connectivity index (χ4v) is 4.27. The second-order valence-corrected chi connectivity index (χ2v) is 7.68. The van der Waals surface area contributed by atoms with Crippen LogP contribution in [0.3, 0.4) is 0 Å². The number of aryl methyl sites for hydroxylation is 1. The van der Waals surface area contributed by atoms with E-state index in [1.807, 2.05) is 6.07 Å². The molecule has 0 radical (unpaired) electrons. The van der Waals surface area contributed by atoms with E-state index in [2.05, 4.69) is 22.4 Å². The summed E-state index contributed by atoms with van der Waals surface area (Å²) < 4.78 is 1.55. The monoisotopic (exact) mass is 353 g/mol. The molecular weight excluding hydrogens is 326 g/mol. The zero-order valence-electron chi connectivity index (χ0n) is 15.0. The van der Waals surface area contributed by atoms with Gasteiger partial charge in [-0.15, -0.1) is 0 Å². The molecule has 0 saturated heterocycles. The quantitative estimate of drug-likeness (QED) is 0.777. The third-order valence-electron chi connectivity index (χ3n) is 5.76. The largest absolute Gasteiger partial charge is 0.383 e. The lowest BCUT2D eigenvalue weighted by molar-refractivity contribution is 0.302. The number of hydrogen-bond acceptors (Lipinski definition) is 5. The molecule has 0 aliphatic heterocycles. The summed E-state index contributed by atoms with van der Waals surface area (Å²) in [7, 11) is 0. The first kappa shape index (κ1) is 17.2. The minimum atomic E-state index is -0.337. The average Bonchev–Trinajstić information content (AvgIpc) is 2.63. The molecule has 1 unspecified atom stereocenters. The highest BCUT2D eigenvalue weighted by Crippen LogP contribution is 2.26. The highest BCUT2D eigenvalue weighted by molar-refractivity contribution is 5.43. The van der Waals surface area contributed by atoms with E-state index < -0.39 is 0 Å².